The van der Waals surface area contributed by atoms with Crippen LogP contribution >= 0.6 is 23.2 Å². The number of hydrogen-bond donors (Lipinski definition) is 0. The monoisotopic (exact) mass is 282 g/mol. The number of halogens is 3. The molecule has 3 heteroatoms. The Labute approximate surface area is 116 Å². The van der Waals surface area contributed by atoms with Crippen LogP contribution in [0.25, 0.3) is 0 Å². The van der Waals surface area contributed by atoms with Crippen molar-refractivity contribution in [1.29, 1.82) is 0 Å². The summed E-state index contributed by atoms with van der Waals surface area (Å²) in [6.45, 7) is 1.97. The fourth-order valence-electron chi connectivity index (χ4n) is 1.97. The van der Waals surface area contributed by atoms with Gasteiger partial charge in [0, 0.05) is 5.02 Å². The molecule has 0 heterocycles. The first-order chi connectivity index (χ1) is 8.56. The predicted molar refractivity (Wildman–Crippen MR) is 74.9 cm³/mol. The van der Waals surface area contributed by atoms with Gasteiger partial charge in [-0.15, -0.1) is 11.6 Å². The van der Waals surface area contributed by atoms with Crippen LogP contribution in [0.2, 0.25) is 5.02 Å². The number of rotatable bonds is 3. The van der Waals surface area contributed by atoms with E-state index in [1.54, 1.807) is 6.07 Å². The Hall–Kier alpha value is -1.05. The molecule has 94 valence electrons. The van der Waals surface area contributed by atoms with Crippen molar-refractivity contribution in [2.75, 3.05) is 0 Å². The number of aryl methyl sites for hydroxylation is 1. The van der Waals surface area contributed by atoms with E-state index in [1.807, 2.05) is 31.2 Å². The summed E-state index contributed by atoms with van der Waals surface area (Å²) >= 11 is 12.3. The Kier molecular flexibility index (Phi) is 4.26. The van der Waals surface area contributed by atoms with Gasteiger partial charge >= 0.3 is 0 Å². The lowest BCUT2D eigenvalue weighted by atomic mass is 10.00. The van der Waals surface area contributed by atoms with Crippen LogP contribution in [0.5, 0.6) is 0 Å². The van der Waals surface area contributed by atoms with Crippen LogP contribution in [0.1, 0.15) is 22.1 Å². The van der Waals surface area contributed by atoms with Crippen LogP contribution < -0.4 is 0 Å². The average molecular weight is 283 g/mol. The lowest BCUT2D eigenvalue weighted by Gasteiger charge is -2.13. The minimum atomic E-state index is -0.232. The topological polar surface area (TPSA) is 0 Å². The standard InChI is InChI=1S/C15H13Cl2F/c1-10-7-12(16)5-6-14(10)15(17)9-11-3-2-4-13(18)8-11/h2-8,15H,9H2,1H3. The zero-order chi connectivity index (χ0) is 13.1. The Bertz CT molecular complexity index is 552. The van der Waals surface area contributed by atoms with Crippen LogP contribution in [0.15, 0.2) is 42.5 Å². The lowest BCUT2D eigenvalue weighted by molar-refractivity contribution is 0.625. The molecular weight excluding hydrogens is 270 g/mol. The van der Waals surface area contributed by atoms with Crippen molar-refractivity contribution in [1.82, 2.24) is 0 Å². The van der Waals surface area contributed by atoms with Gasteiger partial charge in [-0.2, -0.15) is 0 Å². The third kappa shape index (κ3) is 3.24. The summed E-state index contributed by atoms with van der Waals surface area (Å²) in [5, 5.41) is 0.523. The lowest BCUT2D eigenvalue weighted by Crippen LogP contribution is -1.98. The smallest absolute Gasteiger partial charge is 0.123 e. The SMILES string of the molecule is Cc1cc(Cl)ccc1C(Cl)Cc1cccc(F)c1. The number of hydrogen-bond acceptors (Lipinski definition) is 0. The predicted octanol–water partition coefficient (Wildman–Crippen LogP) is 5.31. The van der Waals surface area contributed by atoms with Crippen LogP contribution in [-0.2, 0) is 6.42 Å². The van der Waals surface area contributed by atoms with E-state index in [4.69, 9.17) is 23.2 Å². The summed E-state index contributed by atoms with van der Waals surface area (Å²) in [7, 11) is 0. The van der Waals surface area contributed by atoms with Crippen LogP contribution in [0.3, 0.4) is 0 Å². The van der Waals surface area contributed by atoms with E-state index in [0.29, 0.717) is 11.4 Å². The van der Waals surface area contributed by atoms with Crippen molar-refractivity contribution >= 4 is 23.2 Å². The molecule has 0 fully saturated rings. The molecule has 0 nitrogen and oxygen atoms in total. The Morgan fingerprint density at radius 2 is 1.94 bits per heavy atom. The van der Waals surface area contributed by atoms with Gasteiger partial charge in [0.05, 0.1) is 5.38 Å². The van der Waals surface area contributed by atoms with E-state index >= 15 is 0 Å². The van der Waals surface area contributed by atoms with Gasteiger partial charge in [-0.3, -0.25) is 0 Å². The first kappa shape index (κ1) is 13.4. The molecule has 2 aromatic rings. The van der Waals surface area contributed by atoms with Crippen molar-refractivity contribution in [2.45, 2.75) is 18.7 Å². The summed E-state index contributed by atoms with van der Waals surface area (Å²) in [6, 6.07) is 12.2. The minimum absolute atomic E-state index is 0.177. The molecule has 0 saturated carbocycles. The molecule has 0 aliphatic heterocycles. The van der Waals surface area contributed by atoms with Crippen LogP contribution in [0.4, 0.5) is 4.39 Å². The summed E-state index contributed by atoms with van der Waals surface area (Å²) in [4.78, 5) is 0. The first-order valence-corrected chi connectivity index (χ1v) is 6.52. The average Bonchev–Trinajstić information content (AvgIpc) is 2.28. The highest BCUT2D eigenvalue weighted by molar-refractivity contribution is 6.30. The largest absolute Gasteiger partial charge is 0.207 e. The molecule has 0 spiro atoms. The molecule has 0 aromatic heterocycles. The first-order valence-electron chi connectivity index (χ1n) is 5.71. The number of benzene rings is 2. The van der Waals surface area contributed by atoms with Gasteiger partial charge in [0.2, 0.25) is 0 Å². The molecule has 0 aliphatic carbocycles. The number of alkyl halides is 1. The third-order valence-corrected chi connectivity index (χ3v) is 3.50. The van der Waals surface area contributed by atoms with E-state index in [2.05, 4.69) is 0 Å². The zero-order valence-electron chi connectivity index (χ0n) is 9.96. The highest BCUT2D eigenvalue weighted by Gasteiger charge is 2.12. The molecule has 2 rings (SSSR count). The fourth-order valence-corrected chi connectivity index (χ4v) is 2.62. The molecule has 2 aromatic carbocycles. The van der Waals surface area contributed by atoms with Gasteiger partial charge in [-0.1, -0.05) is 29.8 Å². The maximum atomic E-state index is 13.1. The minimum Gasteiger partial charge on any atom is -0.207 e. The van der Waals surface area contributed by atoms with Gasteiger partial charge in [0.1, 0.15) is 5.82 Å². The highest BCUT2D eigenvalue weighted by atomic mass is 35.5. The van der Waals surface area contributed by atoms with Gasteiger partial charge in [0.15, 0.2) is 0 Å². The van der Waals surface area contributed by atoms with Gasteiger partial charge in [-0.25, -0.2) is 4.39 Å². The normalized spacial score (nSPS) is 12.4. The van der Waals surface area contributed by atoms with E-state index in [1.165, 1.54) is 12.1 Å². The Morgan fingerprint density at radius 1 is 1.17 bits per heavy atom. The van der Waals surface area contributed by atoms with Gasteiger partial charge < -0.3 is 0 Å². The van der Waals surface area contributed by atoms with Crippen LogP contribution in [-0.4, -0.2) is 0 Å². The van der Waals surface area contributed by atoms with Crippen LogP contribution in [0, 0.1) is 12.7 Å². The van der Waals surface area contributed by atoms with Crippen molar-refractivity contribution in [3.63, 3.8) is 0 Å². The molecule has 1 atom stereocenters. The molecule has 1 unspecified atom stereocenters. The molecule has 0 N–H and O–H groups in total. The quantitative estimate of drug-likeness (QED) is 0.669. The maximum Gasteiger partial charge on any atom is 0.123 e. The van der Waals surface area contributed by atoms with Crippen molar-refractivity contribution in [3.8, 4) is 0 Å². The van der Waals surface area contributed by atoms with E-state index < -0.39 is 0 Å². The molecule has 0 radical (unpaired) electrons. The fraction of sp³-hybridized carbons (Fsp3) is 0.200. The molecule has 0 bridgehead atoms. The van der Waals surface area contributed by atoms with Crippen molar-refractivity contribution < 1.29 is 4.39 Å². The second kappa shape index (κ2) is 5.73. The Morgan fingerprint density at radius 3 is 2.61 bits per heavy atom. The Balaban J connectivity index is 2.19. The molecule has 18 heavy (non-hydrogen) atoms. The zero-order valence-corrected chi connectivity index (χ0v) is 11.5. The molecular formula is C15H13Cl2F. The van der Waals surface area contributed by atoms with Crippen molar-refractivity contribution in [2.24, 2.45) is 0 Å². The summed E-state index contributed by atoms with van der Waals surface area (Å²) in [5.41, 5.74) is 2.98. The van der Waals surface area contributed by atoms with E-state index in [-0.39, 0.29) is 11.2 Å². The molecule has 0 aliphatic rings. The molecule has 0 saturated heterocycles. The summed E-state index contributed by atoms with van der Waals surface area (Å²) in [5.74, 6) is -0.232. The molecule has 0 amide bonds. The van der Waals surface area contributed by atoms with Gasteiger partial charge in [0.25, 0.3) is 0 Å². The maximum absolute atomic E-state index is 13.1. The third-order valence-electron chi connectivity index (χ3n) is 2.87. The summed E-state index contributed by atoms with van der Waals surface area (Å²) < 4.78 is 13.1. The van der Waals surface area contributed by atoms with Crippen molar-refractivity contribution in [3.05, 3.63) is 70.0 Å². The highest BCUT2D eigenvalue weighted by Crippen LogP contribution is 2.29. The second-order valence-corrected chi connectivity index (χ2v) is 5.27. The second-order valence-electron chi connectivity index (χ2n) is 4.30. The summed E-state index contributed by atoms with van der Waals surface area (Å²) in [6.07, 6.45) is 0.599. The van der Waals surface area contributed by atoms with E-state index in [0.717, 1.165) is 16.7 Å². The van der Waals surface area contributed by atoms with E-state index in [9.17, 15) is 4.39 Å². The van der Waals surface area contributed by atoms with Gasteiger partial charge in [-0.05, 0) is 54.3 Å².